The third kappa shape index (κ3) is 5.14. The zero-order valence-corrected chi connectivity index (χ0v) is 24.7. The summed E-state index contributed by atoms with van der Waals surface area (Å²) in [6.07, 6.45) is 11.5. The summed E-state index contributed by atoms with van der Waals surface area (Å²) >= 11 is 19.3. The number of aromatic nitrogens is 2. The van der Waals surface area contributed by atoms with Crippen molar-refractivity contribution in [1.29, 1.82) is 0 Å². The topological polar surface area (TPSA) is 56.1 Å². The Hall–Kier alpha value is -2.21. The second-order valence-electron chi connectivity index (χ2n) is 12.7. The molecule has 1 amide bonds. The number of benzene rings is 2. The predicted molar refractivity (Wildman–Crippen MR) is 159 cm³/mol. The van der Waals surface area contributed by atoms with Crippen LogP contribution in [0.2, 0.25) is 15.1 Å². The molecule has 5 aliphatic rings. The molecular formula is C32H34Cl3N3O2. The van der Waals surface area contributed by atoms with Crippen LogP contribution in [0.4, 0.5) is 4.79 Å². The van der Waals surface area contributed by atoms with Crippen molar-refractivity contribution in [3.05, 3.63) is 74.4 Å². The van der Waals surface area contributed by atoms with Gasteiger partial charge < -0.3 is 10.1 Å². The van der Waals surface area contributed by atoms with E-state index < -0.39 is 0 Å². The lowest BCUT2D eigenvalue weighted by Gasteiger charge is -2.56. The van der Waals surface area contributed by atoms with E-state index in [0.717, 1.165) is 91.1 Å². The minimum atomic E-state index is -0.382. The molecule has 8 rings (SSSR count). The number of carbonyl (C=O) groups excluding carboxylic acids is 1. The molecule has 0 spiro atoms. The summed E-state index contributed by atoms with van der Waals surface area (Å²) in [5, 5.41) is 10.1. The summed E-state index contributed by atoms with van der Waals surface area (Å²) in [7, 11) is 0. The average Bonchev–Trinajstić information content (AvgIpc) is 3.08. The smallest absolute Gasteiger partial charge is 0.389 e. The molecule has 3 aromatic rings. The molecule has 2 aromatic carbocycles. The first kappa shape index (κ1) is 26.7. The second kappa shape index (κ2) is 10.6. The van der Waals surface area contributed by atoms with E-state index >= 15 is 0 Å². The molecule has 4 fully saturated rings. The fourth-order valence-electron chi connectivity index (χ4n) is 8.59. The summed E-state index contributed by atoms with van der Waals surface area (Å²) in [4.78, 5) is 13.5. The van der Waals surface area contributed by atoms with Gasteiger partial charge in [-0.25, -0.2) is 9.48 Å². The predicted octanol–water partition coefficient (Wildman–Crippen LogP) is 8.94. The molecular weight excluding hydrogens is 565 g/mol. The van der Waals surface area contributed by atoms with E-state index in [1.54, 1.807) is 6.07 Å². The van der Waals surface area contributed by atoms with Gasteiger partial charge in [-0.2, -0.15) is 0 Å². The van der Waals surface area contributed by atoms with Gasteiger partial charge in [-0.1, -0.05) is 53.4 Å². The second-order valence-corrected chi connectivity index (χ2v) is 13.9. The molecule has 8 heteroatoms. The fraction of sp³-hybridized carbons (Fsp3) is 0.500. The minimum absolute atomic E-state index is 0.125. The van der Waals surface area contributed by atoms with E-state index in [9.17, 15) is 4.79 Å². The zero-order valence-electron chi connectivity index (χ0n) is 22.5. The lowest BCUT2D eigenvalue weighted by atomic mass is 9.53. The molecule has 5 nitrogen and oxygen atoms in total. The van der Waals surface area contributed by atoms with E-state index in [1.807, 2.05) is 35.0 Å². The Morgan fingerprint density at radius 3 is 2.40 bits per heavy atom. The number of carbonyl (C=O) groups is 1. The molecule has 0 saturated heterocycles. The Balaban J connectivity index is 1.23. The zero-order chi connectivity index (χ0) is 27.4. The van der Waals surface area contributed by atoms with E-state index in [0.29, 0.717) is 15.9 Å². The van der Waals surface area contributed by atoms with Crippen LogP contribution in [-0.2, 0) is 12.8 Å². The van der Waals surface area contributed by atoms with Gasteiger partial charge in [-0.3, -0.25) is 0 Å². The summed E-state index contributed by atoms with van der Waals surface area (Å²) in [6.45, 7) is 0. The lowest BCUT2D eigenvalue weighted by molar-refractivity contribution is -0.0162. The van der Waals surface area contributed by atoms with Crippen LogP contribution in [0, 0.1) is 17.8 Å². The highest BCUT2D eigenvalue weighted by molar-refractivity contribution is 6.35. The van der Waals surface area contributed by atoms with Gasteiger partial charge in [-0.15, -0.1) is 5.10 Å². The number of rotatable bonds is 5. The van der Waals surface area contributed by atoms with Crippen molar-refractivity contribution in [1.82, 2.24) is 15.1 Å². The van der Waals surface area contributed by atoms with Crippen molar-refractivity contribution in [3.63, 3.8) is 0 Å². The number of ether oxygens (including phenoxy) is 1. The van der Waals surface area contributed by atoms with Gasteiger partial charge in [0.15, 0.2) is 0 Å². The number of amides is 1. The van der Waals surface area contributed by atoms with Gasteiger partial charge >= 0.3 is 6.09 Å². The average molecular weight is 599 g/mol. The Morgan fingerprint density at radius 2 is 1.70 bits per heavy atom. The third-order valence-electron chi connectivity index (χ3n) is 9.71. The maximum Gasteiger partial charge on any atom is 0.414 e. The number of hydrogen-bond acceptors (Lipinski definition) is 3. The maximum atomic E-state index is 13.5. The Morgan fingerprint density at radius 1 is 0.975 bits per heavy atom. The van der Waals surface area contributed by atoms with E-state index in [1.165, 1.54) is 24.8 Å². The van der Waals surface area contributed by atoms with E-state index in [-0.39, 0.29) is 17.6 Å². The quantitative estimate of drug-likeness (QED) is 0.298. The number of nitrogens with zero attached hydrogens (tertiary/aromatic N) is 2. The maximum absolute atomic E-state index is 13.5. The van der Waals surface area contributed by atoms with Crippen LogP contribution >= 0.6 is 34.8 Å². The first-order valence-corrected chi connectivity index (χ1v) is 15.8. The fourth-order valence-corrected chi connectivity index (χ4v) is 9.29. The minimum Gasteiger partial charge on any atom is -0.389 e. The van der Waals surface area contributed by atoms with Crippen LogP contribution in [0.3, 0.4) is 0 Å². The number of fused-ring (bicyclic) bond motifs is 1. The first-order chi connectivity index (χ1) is 19.3. The van der Waals surface area contributed by atoms with Crippen molar-refractivity contribution in [2.45, 2.75) is 82.1 Å². The van der Waals surface area contributed by atoms with Gasteiger partial charge in [0.05, 0.1) is 16.4 Å². The van der Waals surface area contributed by atoms with E-state index in [4.69, 9.17) is 44.6 Å². The highest BCUT2D eigenvalue weighted by Gasteiger charge is 2.52. The standard InChI is InChI=1S/C32H34Cl3N3O2/c33-24-6-3-4-19(14-24)13-23-5-1-2-7-26-29(23)38(28-9-8-25(34)15-27(28)35)37-30(26)40-31(39)36-32-16-20-10-21(17-32)12-22(11-20)18-32/h3-4,6,8-9,14-15,20-23H,1-2,5,7,10-13,16-18H2,(H,36,39). The molecule has 4 saturated carbocycles. The summed E-state index contributed by atoms with van der Waals surface area (Å²) in [6, 6.07) is 13.5. The Kier molecular flexibility index (Phi) is 7.04. The molecule has 5 aliphatic carbocycles. The number of hydrogen-bond donors (Lipinski definition) is 1. The molecule has 1 unspecified atom stereocenters. The van der Waals surface area contributed by atoms with E-state index in [2.05, 4.69) is 11.4 Å². The van der Waals surface area contributed by atoms with Crippen LogP contribution in [0.25, 0.3) is 5.69 Å². The van der Waals surface area contributed by atoms with Gasteiger partial charge in [0.25, 0.3) is 0 Å². The van der Waals surface area contributed by atoms with Crippen molar-refractivity contribution < 1.29 is 9.53 Å². The third-order valence-corrected chi connectivity index (χ3v) is 10.5. The molecule has 1 heterocycles. The monoisotopic (exact) mass is 597 g/mol. The summed E-state index contributed by atoms with van der Waals surface area (Å²) < 4.78 is 8.01. The van der Waals surface area contributed by atoms with Crippen molar-refractivity contribution >= 4 is 40.9 Å². The summed E-state index contributed by atoms with van der Waals surface area (Å²) in [5.74, 6) is 2.77. The van der Waals surface area contributed by atoms with Crippen LogP contribution in [-0.4, -0.2) is 21.4 Å². The van der Waals surface area contributed by atoms with Crippen LogP contribution in [0.15, 0.2) is 42.5 Å². The highest BCUT2D eigenvalue weighted by Crippen LogP contribution is 2.55. The molecule has 1 N–H and O–H groups in total. The lowest BCUT2D eigenvalue weighted by Crippen LogP contribution is -2.60. The molecule has 210 valence electrons. The van der Waals surface area contributed by atoms with Crippen LogP contribution in [0.5, 0.6) is 5.88 Å². The van der Waals surface area contributed by atoms with Gasteiger partial charge in [-0.05, 0) is 118 Å². The molecule has 1 aromatic heterocycles. The van der Waals surface area contributed by atoms with Gasteiger partial charge in [0, 0.05) is 27.1 Å². The van der Waals surface area contributed by atoms with Crippen molar-refractivity contribution in [3.8, 4) is 11.6 Å². The molecule has 1 atom stereocenters. The van der Waals surface area contributed by atoms with Crippen molar-refractivity contribution in [2.75, 3.05) is 0 Å². The van der Waals surface area contributed by atoms with Gasteiger partial charge in [0.2, 0.25) is 5.88 Å². The Labute approximate surface area is 250 Å². The SMILES string of the molecule is O=C(NC12CC3CC(CC(C3)C1)C2)Oc1nn(-c2ccc(Cl)cc2Cl)c2c1CCCCC2Cc1cccc(Cl)c1. The molecule has 40 heavy (non-hydrogen) atoms. The largest absolute Gasteiger partial charge is 0.414 e. The van der Waals surface area contributed by atoms with Crippen molar-refractivity contribution in [2.24, 2.45) is 17.8 Å². The number of nitrogens with one attached hydrogen (secondary N) is 1. The van der Waals surface area contributed by atoms with Gasteiger partial charge in [0.1, 0.15) is 0 Å². The normalized spacial score (nSPS) is 28.7. The first-order valence-electron chi connectivity index (χ1n) is 14.7. The summed E-state index contributed by atoms with van der Waals surface area (Å²) in [5.41, 5.74) is 3.83. The molecule has 0 aliphatic heterocycles. The number of halogens is 3. The van der Waals surface area contributed by atoms with Crippen LogP contribution < -0.4 is 10.1 Å². The highest BCUT2D eigenvalue weighted by atomic mass is 35.5. The molecule has 4 bridgehead atoms. The molecule has 0 radical (unpaired) electrons. The Bertz CT molecular complexity index is 1420. The van der Waals surface area contributed by atoms with Crippen LogP contribution in [0.1, 0.15) is 80.5 Å².